The maximum absolute atomic E-state index is 13.3. The molecule has 10 nitrogen and oxygen atoms in total. The molecule has 3 aromatic rings. The Kier molecular flexibility index (Phi) is 4.21. The molecule has 0 aromatic carbocycles. The van der Waals surface area contributed by atoms with Crippen molar-refractivity contribution in [3.8, 4) is 0 Å². The van der Waals surface area contributed by atoms with Crippen LogP contribution in [0.1, 0.15) is 46.0 Å². The molecule has 2 bridgehead atoms. The highest BCUT2D eigenvalue weighted by Crippen LogP contribution is 2.34. The lowest BCUT2D eigenvalue weighted by molar-refractivity contribution is 0.0262. The average molecular weight is 467 g/mol. The van der Waals surface area contributed by atoms with E-state index in [1.165, 1.54) is 22.2 Å². The number of nitrogens with one attached hydrogen (secondary N) is 2. The van der Waals surface area contributed by atoms with Gasteiger partial charge in [0.1, 0.15) is 34.0 Å². The first kappa shape index (κ1) is 20.3. The Morgan fingerprint density at radius 1 is 1.30 bits per heavy atom. The number of fused-ring (bicyclic) bond motifs is 4. The van der Waals surface area contributed by atoms with Crippen molar-refractivity contribution >= 4 is 44.9 Å². The van der Waals surface area contributed by atoms with E-state index in [-0.39, 0.29) is 29.5 Å². The molecule has 3 aliphatic heterocycles. The monoisotopic (exact) mass is 466 g/mol. The predicted octanol–water partition coefficient (Wildman–Crippen LogP) is 1.95. The number of carbonyl (C=O) groups is 2. The number of nitrogens with zero attached hydrogens (tertiary/aromatic N) is 4. The number of hydrogen-bond donors (Lipinski definition) is 2. The summed E-state index contributed by atoms with van der Waals surface area (Å²) in [5.41, 5.74) is 0.168. The predicted molar refractivity (Wildman–Crippen MR) is 122 cm³/mol. The molecule has 0 unspecified atom stereocenters. The van der Waals surface area contributed by atoms with Crippen LogP contribution in [0.15, 0.2) is 23.3 Å². The average Bonchev–Trinajstić information content (AvgIpc) is 3.53. The molecule has 11 heteroatoms. The number of morpholine rings is 1. The van der Waals surface area contributed by atoms with E-state index in [4.69, 9.17) is 4.74 Å². The third-order valence-corrected chi connectivity index (χ3v) is 7.57. The summed E-state index contributed by atoms with van der Waals surface area (Å²) < 4.78 is 7.08. The number of hydrogen-bond acceptors (Lipinski definition) is 8. The van der Waals surface area contributed by atoms with E-state index in [9.17, 15) is 14.4 Å². The topological polar surface area (TPSA) is 118 Å². The standard InChI is InChI=1S/C22H22N6O4S/c1-10-4-14(20(30)28-16(10)18(29)26-22(28,2)3)25-17-13-6-15(33-19(13)24-9-23-17)21(31)27-7-12-5-11(27)8-32-12/h4,6,9,11-12H,5,7-8H2,1-3H3,(H,26,29)(H,23,24,25)/t11-,12-/m1/s1. The first-order valence-corrected chi connectivity index (χ1v) is 11.6. The molecular weight excluding hydrogens is 444 g/mol. The lowest BCUT2D eigenvalue weighted by Gasteiger charge is -2.26. The summed E-state index contributed by atoms with van der Waals surface area (Å²) in [6, 6.07) is 3.57. The highest BCUT2D eigenvalue weighted by Gasteiger charge is 2.42. The number of thiophene rings is 1. The van der Waals surface area contributed by atoms with Crippen LogP contribution in [-0.2, 0) is 10.4 Å². The van der Waals surface area contributed by atoms with Crippen LogP contribution in [0.2, 0.25) is 0 Å². The summed E-state index contributed by atoms with van der Waals surface area (Å²) in [5.74, 6) is 0.140. The minimum Gasteiger partial charge on any atom is -0.374 e. The summed E-state index contributed by atoms with van der Waals surface area (Å²) in [6.45, 7) is 6.55. The first-order valence-electron chi connectivity index (χ1n) is 10.8. The lowest BCUT2D eigenvalue weighted by Crippen LogP contribution is -2.42. The second kappa shape index (κ2) is 6.84. The SMILES string of the molecule is Cc1cc(Nc2ncnc3sc(C(=O)N4C[C@H]5C[C@@H]4CO5)cc23)c(=O)n2c1C(=O)NC2(C)C. The molecule has 6 heterocycles. The molecule has 2 fully saturated rings. The molecule has 3 aromatic heterocycles. The molecule has 0 spiro atoms. The van der Waals surface area contributed by atoms with Crippen molar-refractivity contribution in [3.63, 3.8) is 0 Å². The van der Waals surface area contributed by atoms with E-state index < -0.39 is 5.66 Å². The van der Waals surface area contributed by atoms with Gasteiger partial charge in [0.2, 0.25) is 0 Å². The molecule has 2 saturated heterocycles. The first-order chi connectivity index (χ1) is 15.7. The Balaban J connectivity index is 1.38. The van der Waals surface area contributed by atoms with Gasteiger partial charge in [0.05, 0.1) is 29.0 Å². The van der Waals surface area contributed by atoms with Gasteiger partial charge in [-0.2, -0.15) is 0 Å². The minimum atomic E-state index is -0.840. The van der Waals surface area contributed by atoms with Crippen molar-refractivity contribution in [3.05, 3.63) is 44.9 Å². The summed E-state index contributed by atoms with van der Waals surface area (Å²) >= 11 is 1.31. The van der Waals surface area contributed by atoms with E-state index in [1.54, 1.807) is 32.9 Å². The van der Waals surface area contributed by atoms with Gasteiger partial charge in [-0.05, 0) is 44.9 Å². The lowest BCUT2D eigenvalue weighted by atomic mass is 10.1. The van der Waals surface area contributed by atoms with E-state index in [2.05, 4.69) is 20.6 Å². The number of anilines is 2. The molecule has 0 radical (unpaired) electrons. The zero-order valence-corrected chi connectivity index (χ0v) is 19.2. The number of rotatable bonds is 3. The normalized spacial score (nSPS) is 22.6. The second-order valence-electron chi connectivity index (χ2n) is 9.22. The molecule has 170 valence electrons. The van der Waals surface area contributed by atoms with E-state index >= 15 is 0 Å². The van der Waals surface area contributed by atoms with Gasteiger partial charge in [-0.15, -0.1) is 11.3 Å². The smallest absolute Gasteiger partial charge is 0.276 e. The Morgan fingerprint density at radius 2 is 2.12 bits per heavy atom. The molecule has 2 N–H and O–H groups in total. The maximum atomic E-state index is 13.3. The van der Waals surface area contributed by atoms with Gasteiger partial charge in [-0.25, -0.2) is 9.97 Å². The molecular formula is C22H22N6O4S. The molecule has 0 aliphatic carbocycles. The number of aromatic nitrogens is 3. The van der Waals surface area contributed by atoms with Crippen LogP contribution >= 0.6 is 11.3 Å². The van der Waals surface area contributed by atoms with Crippen molar-refractivity contribution in [1.29, 1.82) is 0 Å². The van der Waals surface area contributed by atoms with Crippen LogP contribution < -0.4 is 16.2 Å². The summed E-state index contributed by atoms with van der Waals surface area (Å²) in [5, 5.41) is 6.63. The Morgan fingerprint density at radius 3 is 2.85 bits per heavy atom. The number of carbonyl (C=O) groups excluding carboxylic acids is 2. The van der Waals surface area contributed by atoms with Crippen molar-refractivity contribution in [1.82, 2.24) is 24.8 Å². The van der Waals surface area contributed by atoms with Crippen molar-refractivity contribution < 1.29 is 14.3 Å². The van der Waals surface area contributed by atoms with Gasteiger partial charge in [0.25, 0.3) is 17.4 Å². The van der Waals surface area contributed by atoms with Crippen molar-refractivity contribution in [2.24, 2.45) is 0 Å². The van der Waals surface area contributed by atoms with Crippen molar-refractivity contribution in [2.75, 3.05) is 18.5 Å². The highest BCUT2D eigenvalue weighted by molar-refractivity contribution is 7.20. The molecule has 0 saturated carbocycles. The van der Waals surface area contributed by atoms with Crippen LogP contribution in [0.4, 0.5) is 11.5 Å². The van der Waals surface area contributed by atoms with Crippen LogP contribution in [0.5, 0.6) is 0 Å². The fourth-order valence-corrected chi connectivity index (χ4v) is 5.97. The summed E-state index contributed by atoms with van der Waals surface area (Å²) in [6.07, 6.45) is 2.43. The maximum Gasteiger partial charge on any atom is 0.276 e. The fourth-order valence-electron chi connectivity index (χ4n) is 5.02. The van der Waals surface area contributed by atoms with Gasteiger partial charge in [-0.3, -0.25) is 19.0 Å². The van der Waals surface area contributed by atoms with Crippen LogP contribution in [0.25, 0.3) is 10.2 Å². The summed E-state index contributed by atoms with van der Waals surface area (Å²) in [4.78, 5) is 50.5. The minimum absolute atomic E-state index is 0.0282. The quantitative estimate of drug-likeness (QED) is 0.606. The number of aryl methyl sites for hydroxylation is 1. The number of likely N-dealkylation sites (tertiary alicyclic amines) is 1. The molecule has 6 rings (SSSR count). The molecule has 2 atom stereocenters. The zero-order valence-electron chi connectivity index (χ0n) is 18.3. The van der Waals surface area contributed by atoms with Gasteiger partial charge < -0.3 is 20.3 Å². The summed E-state index contributed by atoms with van der Waals surface area (Å²) in [7, 11) is 0. The Labute approximate surface area is 192 Å². The zero-order chi connectivity index (χ0) is 23.1. The highest BCUT2D eigenvalue weighted by atomic mass is 32.1. The number of ether oxygens (including phenoxy) is 1. The van der Waals surface area contributed by atoms with Gasteiger partial charge >= 0.3 is 0 Å². The largest absolute Gasteiger partial charge is 0.374 e. The third-order valence-electron chi connectivity index (χ3n) is 6.54. The Bertz CT molecular complexity index is 1410. The van der Waals surface area contributed by atoms with E-state index in [0.29, 0.717) is 51.0 Å². The number of pyridine rings is 1. The number of amides is 2. The Hall–Kier alpha value is -3.31. The van der Waals surface area contributed by atoms with Gasteiger partial charge in [-0.1, -0.05) is 0 Å². The second-order valence-corrected chi connectivity index (χ2v) is 10.3. The third kappa shape index (κ3) is 2.99. The van der Waals surface area contributed by atoms with E-state index in [0.717, 1.165) is 6.42 Å². The van der Waals surface area contributed by atoms with E-state index in [1.807, 2.05) is 4.90 Å². The van der Waals surface area contributed by atoms with Crippen LogP contribution in [-0.4, -0.2) is 56.5 Å². The molecule has 33 heavy (non-hydrogen) atoms. The van der Waals surface area contributed by atoms with Crippen LogP contribution in [0, 0.1) is 6.92 Å². The fraction of sp³-hybridized carbons (Fsp3) is 0.409. The van der Waals surface area contributed by atoms with Crippen LogP contribution in [0.3, 0.4) is 0 Å². The molecule has 2 amide bonds. The van der Waals surface area contributed by atoms with Gasteiger partial charge in [0, 0.05) is 6.54 Å². The van der Waals surface area contributed by atoms with Crippen molar-refractivity contribution in [2.45, 2.75) is 45.0 Å². The molecule has 3 aliphatic rings. The van der Waals surface area contributed by atoms with Gasteiger partial charge in [0.15, 0.2) is 0 Å².